The van der Waals surface area contributed by atoms with Crippen molar-refractivity contribution >= 4 is 17.1 Å². The van der Waals surface area contributed by atoms with Crippen LogP contribution in [0.15, 0.2) is 11.1 Å². The van der Waals surface area contributed by atoms with Crippen LogP contribution >= 0.6 is 0 Å². The summed E-state index contributed by atoms with van der Waals surface area (Å²) in [6, 6.07) is 0. The summed E-state index contributed by atoms with van der Waals surface area (Å²) in [6.45, 7) is -0.453. The number of anilines is 1. The number of aromatic amines is 1. The number of ether oxygens (including phenoxy) is 1. The molecule has 21 heavy (non-hydrogen) atoms. The van der Waals surface area contributed by atoms with Gasteiger partial charge in [0.2, 0.25) is 5.95 Å². The summed E-state index contributed by atoms with van der Waals surface area (Å²) in [5.74, 6) is 5.22. The van der Waals surface area contributed by atoms with E-state index >= 15 is 0 Å². The van der Waals surface area contributed by atoms with Crippen molar-refractivity contribution in [2.24, 2.45) is 5.84 Å². The molecule has 0 aromatic carbocycles. The summed E-state index contributed by atoms with van der Waals surface area (Å²) < 4.78 is 6.67. The summed E-state index contributed by atoms with van der Waals surface area (Å²) in [5.41, 5.74) is 1.85. The number of hydrogen-bond acceptors (Lipinski definition) is 9. The molecule has 11 heteroatoms. The number of hydrazine groups is 1. The Morgan fingerprint density at radius 2 is 2.24 bits per heavy atom. The van der Waals surface area contributed by atoms with Gasteiger partial charge in [0.15, 0.2) is 17.4 Å². The third-order valence-corrected chi connectivity index (χ3v) is 3.36. The Balaban J connectivity index is 2.09. The van der Waals surface area contributed by atoms with Crippen LogP contribution in [0.3, 0.4) is 0 Å². The van der Waals surface area contributed by atoms with Crippen LogP contribution in [0.1, 0.15) is 6.23 Å². The Hall–Kier alpha value is -2.05. The van der Waals surface area contributed by atoms with Crippen molar-refractivity contribution in [1.82, 2.24) is 19.5 Å². The van der Waals surface area contributed by atoms with E-state index in [-0.39, 0.29) is 17.1 Å². The number of aromatic nitrogens is 4. The lowest BCUT2D eigenvalue weighted by molar-refractivity contribution is -0.0511. The lowest BCUT2D eigenvalue weighted by Crippen LogP contribution is -2.33. The number of nitrogens with one attached hydrogen (secondary N) is 2. The van der Waals surface area contributed by atoms with E-state index in [0.29, 0.717) is 0 Å². The number of nitrogens with zero attached hydrogens (tertiary/aromatic N) is 3. The average Bonchev–Trinajstić information content (AvgIpc) is 3.02. The summed E-state index contributed by atoms with van der Waals surface area (Å²) >= 11 is 0. The van der Waals surface area contributed by atoms with Crippen LogP contribution < -0.4 is 16.8 Å². The molecule has 1 saturated heterocycles. The molecule has 1 aliphatic heterocycles. The number of nitrogen functional groups attached to an aromatic ring is 1. The van der Waals surface area contributed by atoms with Crippen molar-refractivity contribution in [2.45, 2.75) is 24.5 Å². The molecule has 3 heterocycles. The Morgan fingerprint density at radius 1 is 1.48 bits per heavy atom. The van der Waals surface area contributed by atoms with E-state index in [0.717, 1.165) is 0 Å². The van der Waals surface area contributed by atoms with Crippen molar-refractivity contribution in [3.63, 3.8) is 0 Å². The number of imidazole rings is 1. The molecule has 2 aromatic heterocycles. The molecule has 2 aromatic rings. The first-order valence-electron chi connectivity index (χ1n) is 6.12. The molecule has 0 radical (unpaired) electrons. The largest absolute Gasteiger partial charge is 0.394 e. The van der Waals surface area contributed by atoms with Gasteiger partial charge in [0.25, 0.3) is 5.56 Å². The van der Waals surface area contributed by atoms with Gasteiger partial charge >= 0.3 is 0 Å². The molecule has 3 rings (SSSR count). The molecule has 0 aliphatic carbocycles. The smallest absolute Gasteiger partial charge is 0.280 e. The van der Waals surface area contributed by atoms with Crippen molar-refractivity contribution in [1.29, 1.82) is 0 Å². The van der Waals surface area contributed by atoms with Crippen molar-refractivity contribution in [2.75, 3.05) is 12.0 Å². The first-order valence-corrected chi connectivity index (χ1v) is 6.12. The van der Waals surface area contributed by atoms with Gasteiger partial charge in [0.05, 0.1) is 12.9 Å². The number of nitrogens with two attached hydrogens (primary N) is 1. The van der Waals surface area contributed by atoms with Gasteiger partial charge in [-0.2, -0.15) is 4.98 Å². The minimum atomic E-state index is -1.30. The normalized spacial score (nSPS) is 29.1. The molecule has 0 unspecified atom stereocenters. The fraction of sp³-hybridized carbons (Fsp3) is 0.500. The molecular formula is C10H14N6O5. The highest BCUT2D eigenvalue weighted by atomic mass is 16.6. The first kappa shape index (κ1) is 13.9. The molecule has 0 saturated carbocycles. The van der Waals surface area contributed by atoms with Crippen LogP contribution in [0.5, 0.6) is 0 Å². The topological polar surface area (TPSA) is 172 Å². The average molecular weight is 298 g/mol. The molecule has 1 fully saturated rings. The Bertz CT molecular complexity index is 714. The van der Waals surface area contributed by atoms with E-state index in [1.807, 2.05) is 0 Å². The third-order valence-electron chi connectivity index (χ3n) is 3.36. The SMILES string of the molecule is NNc1nc2c(ncn2[C@@H]2O[C@H](CO)[C@@H](O)[C@H]2O)c(=O)[nH]1. The monoisotopic (exact) mass is 298 g/mol. The van der Waals surface area contributed by atoms with Crippen LogP contribution in [-0.4, -0.2) is 59.8 Å². The maximum absolute atomic E-state index is 11.8. The molecule has 1 aliphatic rings. The molecule has 11 nitrogen and oxygen atoms in total. The molecular weight excluding hydrogens is 284 g/mol. The highest BCUT2D eigenvalue weighted by Crippen LogP contribution is 2.30. The second-order valence-electron chi connectivity index (χ2n) is 4.61. The quantitative estimate of drug-likeness (QED) is 0.255. The summed E-state index contributed by atoms with van der Waals surface area (Å²) in [6.07, 6.45) is -3.26. The van der Waals surface area contributed by atoms with Gasteiger partial charge in [-0.05, 0) is 0 Å². The minimum absolute atomic E-state index is 0.0148. The van der Waals surface area contributed by atoms with Gasteiger partial charge in [-0.3, -0.25) is 19.8 Å². The maximum atomic E-state index is 11.8. The van der Waals surface area contributed by atoms with Crippen LogP contribution in [0, 0.1) is 0 Å². The van der Waals surface area contributed by atoms with E-state index in [2.05, 4.69) is 20.4 Å². The second kappa shape index (κ2) is 5.05. The summed E-state index contributed by atoms with van der Waals surface area (Å²) in [7, 11) is 0. The predicted molar refractivity (Wildman–Crippen MR) is 69.0 cm³/mol. The molecule has 0 bridgehead atoms. The van der Waals surface area contributed by atoms with E-state index in [1.54, 1.807) is 0 Å². The number of rotatable bonds is 3. The van der Waals surface area contributed by atoms with Crippen LogP contribution in [0.25, 0.3) is 11.2 Å². The van der Waals surface area contributed by atoms with Crippen LogP contribution in [0.4, 0.5) is 5.95 Å². The maximum Gasteiger partial charge on any atom is 0.280 e. The highest BCUT2D eigenvalue weighted by molar-refractivity contribution is 5.70. The molecule has 4 atom stereocenters. The summed E-state index contributed by atoms with van der Waals surface area (Å²) in [4.78, 5) is 22.1. The Kier molecular flexibility index (Phi) is 3.35. The fourth-order valence-electron chi connectivity index (χ4n) is 2.29. The van der Waals surface area contributed by atoms with Gasteiger partial charge in [-0.1, -0.05) is 0 Å². The van der Waals surface area contributed by atoms with Gasteiger partial charge in [0.1, 0.15) is 18.3 Å². The highest BCUT2D eigenvalue weighted by Gasteiger charge is 2.44. The zero-order valence-corrected chi connectivity index (χ0v) is 10.7. The number of aliphatic hydroxyl groups excluding tert-OH is 3. The van der Waals surface area contributed by atoms with Crippen LogP contribution in [-0.2, 0) is 4.74 Å². The number of aliphatic hydroxyl groups is 3. The Labute approximate surface area is 117 Å². The lowest BCUT2D eigenvalue weighted by Gasteiger charge is -2.16. The lowest BCUT2D eigenvalue weighted by atomic mass is 10.1. The van der Waals surface area contributed by atoms with Crippen LogP contribution in [0.2, 0.25) is 0 Å². The Morgan fingerprint density at radius 3 is 2.86 bits per heavy atom. The molecule has 114 valence electrons. The third kappa shape index (κ3) is 2.07. The standard InChI is InChI=1S/C10H14N6O5/c11-15-10-13-7-4(8(20)14-10)12-2-16(7)9-6(19)5(18)3(1-17)21-9/h2-3,5-6,9,17-19H,1,11H2,(H2,13,14,15,20)/t3-,5-,6-,9-/m1/s1. The van der Waals surface area contributed by atoms with Gasteiger partial charge in [0, 0.05) is 0 Å². The molecule has 7 N–H and O–H groups in total. The summed E-state index contributed by atoms with van der Waals surface area (Å²) in [5, 5.41) is 28.9. The molecule has 0 amide bonds. The zero-order valence-electron chi connectivity index (χ0n) is 10.7. The van der Waals surface area contributed by atoms with Gasteiger partial charge in [-0.15, -0.1) is 0 Å². The number of fused-ring (bicyclic) bond motifs is 1. The minimum Gasteiger partial charge on any atom is -0.394 e. The fourth-order valence-corrected chi connectivity index (χ4v) is 2.29. The second-order valence-corrected chi connectivity index (χ2v) is 4.61. The zero-order chi connectivity index (χ0) is 15.1. The molecule has 0 spiro atoms. The van der Waals surface area contributed by atoms with E-state index < -0.39 is 36.7 Å². The van der Waals surface area contributed by atoms with E-state index in [4.69, 9.17) is 15.7 Å². The first-order chi connectivity index (χ1) is 10.1. The van der Waals surface area contributed by atoms with Gasteiger partial charge in [-0.25, -0.2) is 10.8 Å². The van der Waals surface area contributed by atoms with Crippen molar-refractivity contribution in [3.8, 4) is 0 Å². The van der Waals surface area contributed by atoms with Crippen molar-refractivity contribution < 1.29 is 20.1 Å². The van der Waals surface area contributed by atoms with E-state index in [9.17, 15) is 15.0 Å². The van der Waals surface area contributed by atoms with Gasteiger partial charge < -0.3 is 20.1 Å². The van der Waals surface area contributed by atoms with E-state index in [1.165, 1.54) is 10.9 Å². The predicted octanol–water partition coefficient (Wildman–Crippen LogP) is -2.98. The number of H-pyrrole nitrogens is 1. The van der Waals surface area contributed by atoms with Crippen molar-refractivity contribution in [3.05, 3.63) is 16.7 Å². The number of hydrogen-bond donors (Lipinski definition) is 6.